The fraction of sp³-hybridized carbons (Fsp3) is 0.143. The van der Waals surface area contributed by atoms with Gasteiger partial charge in [0.1, 0.15) is 9.22 Å². The van der Waals surface area contributed by atoms with Crippen molar-refractivity contribution in [3.05, 3.63) is 21.1 Å². The first-order chi connectivity index (χ1) is 5.70. The minimum absolute atomic E-state index is 0.505. The van der Waals surface area contributed by atoms with Crippen LogP contribution in [0.15, 0.2) is 12.3 Å². The van der Waals surface area contributed by atoms with Gasteiger partial charge in [0.15, 0.2) is 5.15 Å². The fourth-order valence-electron chi connectivity index (χ4n) is 1.14. The first-order valence-corrected chi connectivity index (χ1v) is 4.78. The summed E-state index contributed by atoms with van der Waals surface area (Å²) in [5, 5.41) is 5.79. The van der Waals surface area contributed by atoms with E-state index in [0.29, 0.717) is 5.15 Å². The van der Waals surface area contributed by atoms with Crippen molar-refractivity contribution in [1.29, 1.82) is 0 Å². The third-order valence-electron chi connectivity index (χ3n) is 1.66. The Morgan fingerprint density at radius 3 is 3.00 bits per heavy atom. The Kier molecular flexibility index (Phi) is 1.96. The summed E-state index contributed by atoms with van der Waals surface area (Å²) in [5.74, 6) is 0. The predicted molar refractivity (Wildman–Crippen MR) is 56.2 cm³/mol. The Morgan fingerprint density at radius 2 is 2.33 bits per heavy atom. The lowest BCUT2D eigenvalue weighted by Gasteiger charge is -1.94. The van der Waals surface area contributed by atoms with Gasteiger partial charge in [-0.1, -0.05) is 11.6 Å². The van der Waals surface area contributed by atoms with Crippen LogP contribution in [0.3, 0.4) is 0 Å². The van der Waals surface area contributed by atoms with Crippen LogP contribution in [-0.4, -0.2) is 14.8 Å². The standard InChI is InChI=1S/C7H5ClIN3/c1-12-5-4(7(9)11-12)2-3-10-6(5)8/h2-3H,1H3. The quantitative estimate of drug-likeness (QED) is 0.551. The molecule has 2 aromatic heterocycles. The minimum Gasteiger partial charge on any atom is -0.264 e. The highest BCUT2D eigenvalue weighted by Gasteiger charge is 2.08. The molecule has 0 amide bonds. The van der Waals surface area contributed by atoms with Gasteiger partial charge in [-0.25, -0.2) is 4.98 Å². The Bertz CT molecular complexity index is 437. The average Bonchev–Trinajstić information content (AvgIpc) is 2.29. The summed E-state index contributed by atoms with van der Waals surface area (Å²) in [6.07, 6.45) is 1.69. The molecule has 0 aromatic carbocycles. The van der Waals surface area contributed by atoms with Crippen LogP contribution in [0.4, 0.5) is 0 Å². The normalized spacial score (nSPS) is 10.9. The molecule has 0 N–H and O–H groups in total. The summed E-state index contributed by atoms with van der Waals surface area (Å²) < 4.78 is 2.70. The van der Waals surface area contributed by atoms with E-state index in [1.807, 2.05) is 13.1 Å². The third-order valence-corrected chi connectivity index (χ3v) is 2.74. The summed E-state index contributed by atoms with van der Waals surface area (Å²) in [7, 11) is 1.86. The molecule has 0 unspecified atom stereocenters. The molecule has 0 bridgehead atoms. The van der Waals surface area contributed by atoms with Gasteiger partial charge in [-0.15, -0.1) is 0 Å². The topological polar surface area (TPSA) is 30.7 Å². The Balaban J connectivity index is 2.99. The van der Waals surface area contributed by atoms with Crippen LogP contribution < -0.4 is 0 Å². The van der Waals surface area contributed by atoms with E-state index in [-0.39, 0.29) is 0 Å². The number of fused-ring (bicyclic) bond motifs is 1. The van der Waals surface area contributed by atoms with E-state index in [4.69, 9.17) is 11.6 Å². The lowest BCUT2D eigenvalue weighted by atomic mass is 10.3. The summed E-state index contributed by atoms with van der Waals surface area (Å²) in [6.45, 7) is 0. The number of nitrogens with zero attached hydrogens (tertiary/aromatic N) is 3. The molecule has 12 heavy (non-hydrogen) atoms. The molecule has 0 spiro atoms. The van der Waals surface area contributed by atoms with Crippen molar-refractivity contribution in [2.24, 2.45) is 7.05 Å². The molecule has 3 nitrogen and oxygen atoms in total. The van der Waals surface area contributed by atoms with Crippen LogP contribution in [0.2, 0.25) is 5.15 Å². The van der Waals surface area contributed by atoms with Gasteiger partial charge in [-0.2, -0.15) is 5.10 Å². The summed E-state index contributed by atoms with van der Waals surface area (Å²) in [6, 6.07) is 1.91. The second-order valence-corrected chi connectivity index (χ2v) is 3.79. The Morgan fingerprint density at radius 1 is 1.58 bits per heavy atom. The maximum atomic E-state index is 5.90. The summed E-state index contributed by atoms with van der Waals surface area (Å²) in [4.78, 5) is 3.98. The van der Waals surface area contributed by atoms with Gasteiger partial charge in [0.2, 0.25) is 0 Å². The van der Waals surface area contributed by atoms with E-state index < -0.39 is 0 Å². The zero-order valence-corrected chi connectivity index (χ0v) is 9.17. The highest BCUT2D eigenvalue weighted by molar-refractivity contribution is 14.1. The molecule has 2 rings (SSSR count). The molecule has 5 heteroatoms. The molecule has 0 fully saturated rings. The van der Waals surface area contributed by atoms with Crippen LogP contribution in [0.1, 0.15) is 0 Å². The first-order valence-electron chi connectivity index (χ1n) is 3.33. The van der Waals surface area contributed by atoms with Crippen molar-refractivity contribution >= 4 is 45.1 Å². The molecule has 0 saturated carbocycles. The van der Waals surface area contributed by atoms with E-state index in [1.165, 1.54) is 0 Å². The van der Waals surface area contributed by atoms with E-state index >= 15 is 0 Å². The SMILES string of the molecule is Cn1nc(I)c2ccnc(Cl)c21. The van der Waals surface area contributed by atoms with Crippen LogP contribution in [-0.2, 0) is 7.05 Å². The molecule has 2 heterocycles. The average molecular weight is 293 g/mol. The fourth-order valence-corrected chi connectivity index (χ4v) is 2.18. The molecule has 0 atom stereocenters. The third kappa shape index (κ3) is 1.09. The minimum atomic E-state index is 0.505. The summed E-state index contributed by atoms with van der Waals surface area (Å²) in [5.41, 5.74) is 0.892. The van der Waals surface area contributed by atoms with E-state index in [0.717, 1.165) is 14.6 Å². The number of hydrogen-bond acceptors (Lipinski definition) is 2. The number of aromatic nitrogens is 3. The van der Waals surface area contributed by atoms with Gasteiger partial charge >= 0.3 is 0 Å². The lowest BCUT2D eigenvalue weighted by molar-refractivity contribution is 0.786. The number of rotatable bonds is 0. The van der Waals surface area contributed by atoms with Gasteiger partial charge < -0.3 is 0 Å². The molecule has 0 aliphatic carbocycles. The first kappa shape index (κ1) is 8.25. The van der Waals surface area contributed by atoms with Crippen LogP contribution in [0.5, 0.6) is 0 Å². The second kappa shape index (κ2) is 2.85. The number of aryl methyl sites for hydroxylation is 1. The van der Waals surface area contributed by atoms with Crippen molar-refractivity contribution < 1.29 is 0 Å². The van der Waals surface area contributed by atoms with Gasteiger partial charge in [-0.05, 0) is 28.7 Å². The van der Waals surface area contributed by atoms with Crippen LogP contribution in [0, 0.1) is 3.70 Å². The monoisotopic (exact) mass is 293 g/mol. The maximum Gasteiger partial charge on any atom is 0.154 e. The Labute approximate surface area is 87.9 Å². The molecule has 62 valence electrons. The number of hydrogen-bond donors (Lipinski definition) is 0. The molecule has 0 radical (unpaired) electrons. The van der Waals surface area contributed by atoms with E-state index in [2.05, 4.69) is 32.7 Å². The van der Waals surface area contributed by atoms with Crippen molar-refractivity contribution in [2.45, 2.75) is 0 Å². The molecule has 0 aliphatic heterocycles. The molecule has 0 aliphatic rings. The maximum absolute atomic E-state index is 5.90. The number of pyridine rings is 1. The molecular weight excluding hydrogens is 288 g/mol. The highest BCUT2D eigenvalue weighted by Crippen LogP contribution is 2.23. The largest absolute Gasteiger partial charge is 0.264 e. The smallest absolute Gasteiger partial charge is 0.154 e. The van der Waals surface area contributed by atoms with Crippen molar-refractivity contribution in [3.8, 4) is 0 Å². The molecule has 2 aromatic rings. The highest BCUT2D eigenvalue weighted by atomic mass is 127. The zero-order valence-electron chi connectivity index (χ0n) is 6.25. The van der Waals surface area contributed by atoms with E-state index in [9.17, 15) is 0 Å². The van der Waals surface area contributed by atoms with Crippen molar-refractivity contribution in [2.75, 3.05) is 0 Å². The lowest BCUT2D eigenvalue weighted by Crippen LogP contribution is -1.90. The van der Waals surface area contributed by atoms with Crippen LogP contribution >= 0.6 is 34.2 Å². The molecular formula is C7H5ClIN3. The Hall–Kier alpha value is -0.360. The van der Waals surface area contributed by atoms with Crippen molar-refractivity contribution in [1.82, 2.24) is 14.8 Å². The second-order valence-electron chi connectivity index (χ2n) is 2.41. The van der Waals surface area contributed by atoms with Gasteiger partial charge in [0, 0.05) is 18.6 Å². The van der Waals surface area contributed by atoms with Crippen LogP contribution in [0.25, 0.3) is 10.9 Å². The molecule has 0 saturated heterocycles. The van der Waals surface area contributed by atoms with Gasteiger partial charge in [0.05, 0.1) is 0 Å². The predicted octanol–water partition coefficient (Wildman–Crippen LogP) is 2.23. The van der Waals surface area contributed by atoms with E-state index in [1.54, 1.807) is 10.9 Å². The van der Waals surface area contributed by atoms with Gasteiger partial charge in [-0.3, -0.25) is 4.68 Å². The van der Waals surface area contributed by atoms with Gasteiger partial charge in [0.25, 0.3) is 0 Å². The van der Waals surface area contributed by atoms with Crippen molar-refractivity contribution in [3.63, 3.8) is 0 Å². The summed E-state index contributed by atoms with van der Waals surface area (Å²) >= 11 is 8.08. The zero-order chi connectivity index (χ0) is 8.72. The number of halogens is 2.